The molecule has 0 spiro atoms. The number of H-pyrrole nitrogens is 1. The maximum Gasteiger partial charge on any atom is 0.417 e. The molecule has 2 amide bonds. The van der Waals surface area contributed by atoms with Gasteiger partial charge < -0.3 is 25.6 Å². The first kappa shape index (κ1) is 21.3. The van der Waals surface area contributed by atoms with E-state index in [1.807, 2.05) is 0 Å². The Balaban J connectivity index is 1.51. The monoisotopic (exact) mass is 457 g/mol. The Morgan fingerprint density at radius 2 is 2.06 bits per heavy atom. The zero-order valence-electron chi connectivity index (χ0n) is 16.2. The summed E-state index contributed by atoms with van der Waals surface area (Å²) in [6.45, 7) is 3.26. The number of halogens is 3. The molecule has 3 heterocycles. The van der Waals surface area contributed by atoms with Crippen LogP contribution in [0.3, 0.4) is 0 Å². The molecule has 4 rings (SSSR count). The third kappa shape index (κ3) is 3.56. The number of thioether (sulfide) groups is 1. The van der Waals surface area contributed by atoms with Crippen molar-refractivity contribution in [3.63, 3.8) is 0 Å². The number of alkyl halides is 3. The second-order valence-electron chi connectivity index (χ2n) is 7.84. The fraction of sp³-hybridized carbons (Fsp3) is 0.444. The van der Waals surface area contributed by atoms with Crippen LogP contribution in [0.15, 0.2) is 24.5 Å². The minimum absolute atomic E-state index is 0.0399. The number of β-lactam (4-membered cyclic amide) rings is 1. The van der Waals surface area contributed by atoms with Gasteiger partial charge in [-0.25, -0.2) is 9.78 Å². The maximum absolute atomic E-state index is 13.6. The number of carbonyl (C=O) groups excluding carboxylic acids is 2. The van der Waals surface area contributed by atoms with Gasteiger partial charge >= 0.3 is 12.1 Å². The number of amides is 2. The van der Waals surface area contributed by atoms with Gasteiger partial charge in [-0.15, -0.1) is 11.8 Å². The number of anilines is 1. The minimum Gasteiger partial charge on any atom is -0.480 e. The molecular formula is C18H18F3N5O4S. The van der Waals surface area contributed by atoms with E-state index in [1.165, 1.54) is 24.5 Å². The molecular weight excluding hydrogens is 439 g/mol. The second-order valence-corrected chi connectivity index (χ2v) is 9.61. The molecule has 2 saturated heterocycles. The van der Waals surface area contributed by atoms with E-state index in [4.69, 9.17) is 0 Å². The topological polar surface area (TPSA) is 127 Å². The number of fused-ring (bicyclic) bond motifs is 2. The smallest absolute Gasteiger partial charge is 0.417 e. The Kier molecular flexibility index (Phi) is 4.83. The molecule has 2 aliphatic rings. The lowest BCUT2D eigenvalue weighted by molar-refractivity contribution is -0.166. The molecule has 31 heavy (non-hydrogen) atoms. The highest BCUT2D eigenvalue weighted by Crippen LogP contribution is 2.50. The summed E-state index contributed by atoms with van der Waals surface area (Å²) in [5.41, 5.74) is 1.08. The number of imidazole rings is 1. The number of carboxylic acids is 1. The lowest BCUT2D eigenvalue weighted by atomic mass is 9.96. The van der Waals surface area contributed by atoms with Crippen molar-refractivity contribution in [2.45, 2.75) is 48.3 Å². The first-order valence-electron chi connectivity index (χ1n) is 9.20. The van der Waals surface area contributed by atoms with Gasteiger partial charge in [-0.05, 0) is 32.0 Å². The number of aromatic nitrogens is 2. The van der Waals surface area contributed by atoms with Crippen molar-refractivity contribution >= 4 is 46.3 Å². The van der Waals surface area contributed by atoms with Crippen LogP contribution in [-0.4, -0.2) is 72.2 Å². The minimum atomic E-state index is -4.94. The number of nitrogens with one attached hydrogen (secondary N) is 3. The zero-order valence-corrected chi connectivity index (χ0v) is 17.0. The summed E-state index contributed by atoms with van der Waals surface area (Å²) < 4.78 is 40.0. The number of benzene rings is 1. The molecule has 2 fully saturated rings. The fourth-order valence-corrected chi connectivity index (χ4v) is 5.50. The SMILES string of the molecule is CC1(C)S[C@@H]2[C@H](NC(=O)[C@@H](Nc3ccc4nc[nH]c4c3)C(F)(F)F)C(=O)N2[C@H]1C(=O)O. The van der Waals surface area contributed by atoms with E-state index in [1.54, 1.807) is 13.8 Å². The van der Waals surface area contributed by atoms with Crippen molar-refractivity contribution in [2.75, 3.05) is 5.32 Å². The van der Waals surface area contributed by atoms with Gasteiger partial charge in [0.15, 0.2) is 0 Å². The van der Waals surface area contributed by atoms with E-state index < -0.39 is 52.2 Å². The number of carboxylic acid groups (broad SMARTS) is 1. The Bertz CT molecular complexity index is 1070. The van der Waals surface area contributed by atoms with E-state index in [0.717, 1.165) is 16.7 Å². The second kappa shape index (κ2) is 7.04. The molecule has 1 aromatic heterocycles. The van der Waals surface area contributed by atoms with E-state index >= 15 is 0 Å². The molecule has 4 N–H and O–H groups in total. The van der Waals surface area contributed by atoms with E-state index in [2.05, 4.69) is 20.6 Å². The highest BCUT2D eigenvalue weighted by molar-refractivity contribution is 8.01. The molecule has 9 nitrogen and oxygen atoms in total. The van der Waals surface area contributed by atoms with Crippen LogP contribution in [0.1, 0.15) is 13.8 Å². The van der Waals surface area contributed by atoms with Crippen molar-refractivity contribution in [2.24, 2.45) is 0 Å². The van der Waals surface area contributed by atoms with E-state index in [9.17, 15) is 32.7 Å². The van der Waals surface area contributed by atoms with Gasteiger partial charge in [0.2, 0.25) is 11.9 Å². The number of rotatable bonds is 5. The molecule has 0 unspecified atom stereocenters. The first-order valence-corrected chi connectivity index (χ1v) is 10.1. The van der Waals surface area contributed by atoms with Crippen LogP contribution in [-0.2, 0) is 14.4 Å². The molecule has 13 heteroatoms. The quantitative estimate of drug-likeness (QED) is 0.502. The highest BCUT2D eigenvalue weighted by atomic mass is 32.2. The fourth-order valence-electron chi connectivity index (χ4n) is 3.87. The summed E-state index contributed by atoms with van der Waals surface area (Å²) in [7, 11) is 0. The van der Waals surface area contributed by atoms with Gasteiger partial charge in [0, 0.05) is 10.4 Å². The Morgan fingerprint density at radius 1 is 1.35 bits per heavy atom. The van der Waals surface area contributed by atoms with Crippen LogP contribution in [0.25, 0.3) is 11.0 Å². The standard InChI is InChI=1S/C18H18F3N5O4S/c1-17(2)12(16(29)30)26-14(28)10(15(26)31-17)25-13(27)11(18(19,20)21)24-7-3-4-8-9(5-7)23-6-22-8/h3-6,10-12,15,24H,1-2H3,(H,22,23)(H,25,27)(H,29,30)/t10-,11-,12+,15-/m1/s1. The van der Waals surface area contributed by atoms with Gasteiger partial charge in [0.05, 0.1) is 17.4 Å². The van der Waals surface area contributed by atoms with Gasteiger partial charge in [-0.3, -0.25) is 9.59 Å². The van der Waals surface area contributed by atoms with Gasteiger partial charge in [0.1, 0.15) is 17.5 Å². The molecule has 2 aliphatic heterocycles. The van der Waals surface area contributed by atoms with E-state index in [0.29, 0.717) is 11.0 Å². The number of nitrogens with zero attached hydrogens (tertiary/aromatic N) is 2. The van der Waals surface area contributed by atoms with E-state index in [-0.39, 0.29) is 5.69 Å². The maximum atomic E-state index is 13.6. The summed E-state index contributed by atoms with van der Waals surface area (Å²) in [6.07, 6.45) is -3.55. The van der Waals surface area contributed by atoms with Crippen LogP contribution in [0.2, 0.25) is 0 Å². The third-order valence-electron chi connectivity index (χ3n) is 5.29. The van der Waals surface area contributed by atoms with Crippen molar-refractivity contribution < 1.29 is 32.7 Å². The summed E-state index contributed by atoms with van der Waals surface area (Å²) in [5.74, 6) is -3.35. The van der Waals surface area contributed by atoms with Gasteiger partial charge in [-0.2, -0.15) is 13.2 Å². The number of aliphatic carboxylic acids is 1. The van der Waals surface area contributed by atoms with Crippen LogP contribution >= 0.6 is 11.8 Å². The number of hydrogen-bond donors (Lipinski definition) is 4. The van der Waals surface area contributed by atoms with Crippen molar-refractivity contribution in [3.05, 3.63) is 24.5 Å². The third-order valence-corrected chi connectivity index (χ3v) is 6.86. The summed E-state index contributed by atoms with van der Waals surface area (Å²) in [6, 6.07) is -0.723. The number of hydrogen-bond acceptors (Lipinski definition) is 6. The summed E-state index contributed by atoms with van der Waals surface area (Å²) in [5, 5.41) is 13.0. The van der Waals surface area contributed by atoms with Crippen LogP contribution in [0.4, 0.5) is 18.9 Å². The highest BCUT2D eigenvalue weighted by Gasteiger charge is 2.64. The predicted octanol–water partition coefficient (Wildman–Crippen LogP) is 1.54. The average molecular weight is 457 g/mol. The lowest BCUT2D eigenvalue weighted by Gasteiger charge is -2.44. The van der Waals surface area contributed by atoms with Gasteiger partial charge in [-0.1, -0.05) is 0 Å². The first-order chi connectivity index (χ1) is 14.4. The summed E-state index contributed by atoms with van der Waals surface area (Å²) >= 11 is 1.13. The predicted molar refractivity (Wildman–Crippen MR) is 105 cm³/mol. The number of aromatic amines is 1. The van der Waals surface area contributed by atoms with Crippen molar-refractivity contribution in [3.8, 4) is 0 Å². The Morgan fingerprint density at radius 3 is 2.71 bits per heavy atom. The number of carbonyl (C=O) groups is 3. The van der Waals surface area contributed by atoms with Crippen LogP contribution < -0.4 is 10.6 Å². The Labute approximate surface area is 177 Å². The van der Waals surface area contributed by atoms with Gasteiger partial charge in [0.25, 0.3) is 5.91 Å². The molecule has 0 bridgehead atoms. The molecule has 0 aliphatic carbocycles. The average Bonchev–Trinajstić information content (AvgIpc) is 3.22. The normalized spacial score (nSPS) is 25.6. The lowest BCUT2D eigenvalue weighted by Crippen LogP contribution is -2.71. The van der Waals surface area contributed by atoms with Crippen molar-refractivity contribution in [1.82, 2.24) is 20.2 Å². The Hall–Kier alpha value is -2.96. The molecule has 2 aromatic rings. The molecule has 0 saturated carbocycles. The summed E-state index contributed by atoms with van der Waals surface area (Å²) in [4.78, 5) is 44.3. The van der Waals surface area contributed by atoms with Crippen LogP contribution in [0.5, 0.6) is 0 Å². The molecule has 0 radical (unpaired) electrons. The zero-order chi connectivity index (χ0) is 22.7. The molecule has 4 atom stereocenters. The van der Waals surface area contributed by atoms with Crippen LogP contribution in [0, 0.1) is 0 Å². The molecule has 166 valence electrons. The molecule has 1 aromatic carbocycles. The van der Waals surface area contributed by atoms with Crippen molar-refractivity contribution in [1.29, 1.82) is 0 Å². The largest absolute Gasteiger partial charge is 0.480 e.